The largest absolute Gasteiger partial charge is 0.361 e. The van der Waals surface area contributed by atoms with Gasteiger partial charge in [-0.15, -0.1) is 0 Å². The number of rotatable bonds is 5. The topological polar surface area (TPSA) is 18.5 Å². The Morgan fingerprint density at radius 3 is 2.78 bits per heavy atom. The molecular formula is C3H12BO2PS2. The zero-order valence-electron chi connectivity index (χ0n) is 5.41. The summed E-state index contributed by atoms with van der Waals surface area (Å²) in [6.07, 6.45) is 0. The summed E-state index contributed by atoms with van der Waals surface area (Å²) in [4.78, 5) is 0. The number of hydrogen-bond acceptors (Lipinski definition) is 3. The molecule has 6 heteroatoms. The third-order valence-corrected chi connectivity index (χ3v) is 3.38. The molecule has 0 rings (SSSR count). The molecule has 0 N–H and O–H groups in total. The molecule has 2 unspecified atom stereocenters. The van der Waals surface area contributed by atoms with Crippen LogP contribution in [0.3, 0.4) is 0 Å². The fourth-order valence-electron chi connectivity index (χ4n) is 0.339. The predicted molar refractivity (Wildman–Crippen MR) is 52.6 cm³/mol. The molecule has 0 aromatic rings. The van der Waals surface area contributed by atoms with E-state index in [1.807, 2.05) is 0 Å². The molecular weight excluding hydrogens is 174 g/mol. The predicted octanol–water partition coefficient (Wildman–Crippen LogP) is 0.970. The van der Waals surface area contributed by atoms with Crippen LogP contribution in [0, 0.1) is 0 Å². The lowest BCUT2D eigenvalue weighted by molar-refractivity contribution is 0.238. The second-order valence-electron chi connectivity index (χ2n) is 1.37. The van der Waals surface area contributed by atoms with Crippen LogP contribution in [-0.2, 0) is 8.71 Å². The van der Waals surface area contributed by atoms with Gasteiger partial charge < -0.3 is 8.71 Å². The molecule has 0 fully saturated rings. The Hall–Kier alpha value is 1.11. The zero-order chi connectivity index (χ0) is 7.11. The van der Waals surface area contributed by atoms with Crippen LogP contribution >= 0.6 is 33.1 Å². The Morgan fingerprint density at radius 2 is 2.44 bits per heavy atom. The maximum absolute atomic E-state index is 5.03. The van der Waals surface area contributed by atoms with Gasteiger partial charge >= 0.3 is 0 Å². The molecule has 9 heavy (non-hydrogen) atoms. The molecule has 0 saturated carbocycles. The first kappa shape index (κ1) is 10.1. The maximum atomic E-state index is 5.03. The van der Waals surface area contributed by atoms with Gasteiger partial charge in [-0.2, -0.15) is 23.7 Å². The molecule has 0 radical (unpaired) electrons. The molecule has 0 aromatic heterocycles. The highest BCUT2D eigenvalue weighted by Gasteiger charge is 1.97. The lowest BCUT2D eigenvalue weighted by Gasteiger charge is -2.14. The lowest BCUT2D eigenvalue weighted by Crippen LogP contribution is -1.97. The van der Waals surface area contributed by atoms with Crippen molar-refractivity contribution in [2.24, 2.45) is 0 Å². The van der Waals surface area contributed by atoms with Gasteiger partial charge in [0.2, 0.25) is 0 Å². The van der Waals surface area contributed by atoms with Gasteiger partial charge in [-0.25, -0.2) is 0 Å². The molecule has 0 saturated heterocycles. The van der Waals surface area contributed by atoms with Gasteiger partial charge in [-0.1, -0.05) is 6.82 Å². The smallest absolute Gasteiger partial charge is 0.198 e. The Bertz CT molecular complexity index is 63.8. The van der Waals surface area contributed by atoms with Crippen molar-refractivity contribution in [3.05, 3.63) is 0 Å². The first-order chi connectivity index (χ1) is 4.35. The zero-order valence-corrected chi connectivity index (χ0v) is 8.35. The number of thiol groups is 2. The Morgan fingerprint density at radius 1 is 1.78 bits per heavy atom. The Balaban J connectivity index is 3.09. The van der Waals surface area contributed by atoms with E-state index in [1.54, 1.807) is 0 Å². The third kappa shape index (κ3) is 5.55. The van der Waals surface area contributed by atoms with Crippen molar-refractivity contribution in [1.29, 1.82) is 0 Å². The summed E-state index contributed by atoms with van der Waals surface area (Å²) < 4.78 is 10.1. The minimum absolute atomic E-state index is 0.370. The van der Waals surface area contributed by atoms with E-state index in [2.05, 4.69) is 28.9 Å². The van der Waals surface area contributed by atoms with E-state index in [-0.39, 0.29) is 11.0 Å². The number of hydrogen-bond donors (Lipinski definition) is 2. The molecule has 2 nitrogen and oxygen atoms in total. The number of ether oxygens (including phenoxy) is 1. The molecule has 56 valence electrons. The van der Waals surface area contributed by atoms with Crippen LogP contribution in [0.15, 0.2) is 0 Å². The molecule has 0 aliphatic carbocycles. The molecule has 0 aromatic carbocycles. The fraction of sp³-hybridized carbons (Fsp3) is 1.00. The quantitative estimate of drug-likeness (QED) is 0.288. The van der Waals surface area contributed by atoms with Crippen molar-refractivity contribution in [3.63, 3.8) is 0 Å². The first-order valence-electron chi connectivity index (χ1n) is 2.65. The molecule has 2 atom stereocenters. The average Bonchev–Trinajstić information content (AvgIpc) is 1.91. The van der Waals surface area contributed by atoms with Gasteiger partial charge in [-0.05, 0) is 0 Å². The summed E-state index contributed by atoms with van der Waals surface area (Å²) in [6.45, 7) is 3.12. The molecule has 0 heterocycles. The van der Waals surface area contributed by atoms with E-state index < -0.39 is 0 Å². The third-order valence-electron chi connectivity index (χ3n) is 0.828. The van der Waals surface area contributed by atoms with E-state index in [4.69, 9.17) is 8.71 Å². The van der Waals surface area contributed by atoms with Crippen molar-refractivity contribution in [2.75, 3.05) is 11.9 Å². The van der Waals surface area contributed by atoms with Crippen LogP contribution in [0.4, 0.5) is 0 Å². The SMILES string of the molecule is CB[SH](COCS)OP. The van der Waals surface area contributed by atoms with Crippen molar-refractivity contribution in [3.8, 4) is 0 Å². The summed E-state index contributed by atoms with van der Waals surface area (Å²) >= 11 is 3.53. The van der Waals surface area contributed by atoms with Crippen LogP contribution in [0.25, 0.3) is 0 Å². The van der Waals surface area contributed by atoms with Gasteiger partial charge in [0.25, 0.3) is 0 Å². The van der Waals surface area contributed by atoms with Crippen molar-refractivity contribution < 1.29 is 8.71 Å². The normalized spacial score (nSPS) is 15.2. The average molecular weight is 186 g/mol. The first-order valence-corrected chi connectivity index (χ1v) is 5.39. The molecule has 0 aliphatic heterocycles. The van der Waals surface area contributed by atoms with E-state index in [0.29, 0.717) is 11.9 Å². The minimum Gasteiger partial charge on any atom is -0.361 e. The summed E-state index contributed by atoms with van der Waals surface area (Å²) in [7, 11) is 2.26. The van der Waals surface area contributed by atoms with Gasteiger partial charge in [0.15, 0.2) is 6.56 Å². The Kier molecular flexibility index (Phi) is 8.12. The maximum Gasteiger partial charge on any atom is 0.198 e. The van der Waals surface area contributed by atoms with E-state index in [1.165, 1.54) is 0 Å². The highest BCUT2D eigenvalue weighted by atomic mass is 32.2. The standard InChI is InChI=1S/C3H12BO2PS2/c1-4-9(6-7)3-5-2-8/h4,8-9H,2-3,7H2,1H3. The summed E-state index contributed by atoms with van der Waals surface area (Å²) in [5.74, 6) is 1.17. The van der Waals surface area contributed by atoms with Crippen LogP contribution in [-0.4, -0.2) is 18.4 Å². The summed E-state index contributed by atoms with van der Waals surface area (Å²) in [5, 5.41) is 0. The summed E-state index contributed by atoms with van der Waals surface area (Å²) in [6, 6.07) is 0. The van der Waals surface area contributed by atoms with E-state index >= 15 is 0 Å². The molecule has 0 spiro atoms. The molecule has 0 aliphatic rings. The van der Waals surface area contributed by atoms with Crippen molar-refractivity contribution in [2.45, 2.75) is 6.82 Å². The second-order valence-corrected chi connectivity index (χ2v) is 4.32. The van der Waals surface area contributed by atoms with Crippen LogP contribution < -0.4 is 0 Å². The van der Waals surface area contributed by atoms with E-state index in [0.717, 1.165) is 6.56 Å². The highest BCUT2D eigenvalue weighted by molar-refractivity contribution is 8.34. The second kappa shape index (κ2) is 7.22. The van der Waals surface area contributed by atoms with Gasteiger partial charge in [0, 0.05) is 9.47 Å². The molecule has 0 amide bonds. The minimum atomic E-state index is -0.370. The highest BCUT2D eigenvalue weighted by Crippen LogP contribution is 2.26. The summed E-state index contributed by atoms with van der Waals surface area (Å²) in [5.41, 5.74) is 0. The monoisotopic (exact) mass is 186 g/mol. The van der Waals surface area contributed by atoms with Crippen molar-refractivity contribution >= 4 is 39.7 Å². The van der Waals surface area contributed by atoms with Gasteiger partial charge in [0.05, 0.1) is 11.9 Å². The van der Waals surface area contributed by atoms with Gasteiger partial charge in [0.1, 0.15) is 0 Å². The van der Waals surface area contributed by atoms with E-state index in [9.17, 15) is 0 Å². The molecule has 0 bridgehead atoms. The Labute approximate surface area is 67.5 Å². The lowest BCUT2D eigenvalue weighted by atomic mass is 10.2. The van der Waals surface area contributed by atoms with Crippen LogP contribution in [0.2, 0.25) is 6.82 Å². The fourth-order valence-corrected chi connectivity index (χ4v) is 1.89. The van der Waals surface area contributed by atoms with Gasteiger partial charge in [-0.3, -0.25) is 0 Å². The van der Waals surface area contributed by atoms with Crippen LogP contribution in [0.5, 0.6) is 0 Å². The van der Waals surface area contributed by atoms with Crippen molar-refractivity contribution in [1.82, 2.24) is 0 Å². The van der Waals surface area contributed by atoms with Crippen LogP contribution in [0.1, 0.15) is 0 Å².